The SMILES string of the molecule is Cn1nccc1COCc1cccc(-n2cnc3cc(CO)ccc32)c1. The van der Waals surface area contributed by atoms with Crippen molar-refractivity contribution in [3.05, 3.63) is 77.9 Å². The minimum Gasteiger partial charge on any atom is -0.392 e. The predicted octanol–water partition coefficient (Wildman–Crippen LogP) is 2.97. The van der Waals surface area contributed by atoms with Crippen molar-refractivity contribution in [3.63, 3.8) is 0 Å². The number of aliphatic hydroxyl groups is 1. The third-order valence-electron chi connectivity index (χ3n) is 4.42. The number of ether oxygens (including phenoxy) is 1. The Morgan fingerprint density at radius 2 is 1.96 bits per heavy atom. The van der Waals surface area contributed by atoms with Gasteiger partial charge in [-0.25, -0.2) is 4.98 Å². The van der Waals surface area contributed by atoms with Crippen LogP contribution >= 0.6 is 0 Å². The van der Waals surface area contributed by atoms with Crippen molar-refractivity contribution in [2.45, 2.75) is 19.8 Å². The molecule has 0 aliphatic heterocycles. The van der Waals surface area contributed by atoms with Crippen LogP contribution in [0.2, 0.25) is 0 Å². The summed E-state index contributed by atoms with van der Waals surface area (Å²) in [5.74, 6) is 0. The van der Waals surface area contributed by atoms with Gasteiger partial charge < -0.3 is 9.84 Å². The van der Waals surface area contributed by atoms with Gasteiger partial charge in [-0.3, -0.25) is 9.25 Å². The van der Waals surface area contributed by atoms with E-state index in [1.165, 1.54) is 0 Å². The molecule has 0 atom stereocenters. The average molecular weight is 348 g/mol. The molecular weight excluding hydrogens is 328 g/mol. The molecule has 0 saturated carbocycles. The van der Waals surface area contributed by atoms with Crippen LogP contribution in [0, 0.1) is 0 Å². The first-order valence-corrected chi connectivity index (χ1v) is 8.45. The number of rotatable bonds is 6. The monoisotopic (exact) mass is 348 g/mol. The number of hydrogen-bond donors (Lipinski definition) is 1. The Balaban J connectivity index is 1.53. The van der Waals surface area contributed by atoms with Crippen LogP contribution in [0.5, 0.6) is 0 Å². The number of fused-ring (bicyclic) bond motifs is 1. The van der Waals surface area contributed by atoms with Crippen molar-refractivity contribution in [3.8, 4) is 5.69 Å². The molecule has 0 spiro atoms. The Kier molecular flexibility index (Phi) is 4.51. The number of aromatic nitrogens is 4. The molecule has 4 rings (SSSR count). The van der Waals surface area contributed by atoms with Crippen molar-refractivity contribution in [1.29, 1.82) is 0 Å². The third-order valence-corrected chi connectivity index (χ3v) is 4.42. The van der Waals surface area contributed by atoms with E-state index in [0.717, 1.165) is 33.5 Å². The van der Waals surface area contributed by atoms with Gasteiger partial charge in [0.25, 0.3) is 0 Å². The van der Waals surface area contributed by atoms with Crippen LogP contribution in [0.25, 0.3) is 16.7 Å². The van der Waals surface area contributed by atoms with E-state index in [0.29, 0.717) is 13.2 Å². The number of nitrogens with zero attached hydrogens (tertiary/aromatic N) is 4. The van der Waals surface area contributed by atoms with Crippen molar-refractivity contribution < 1.29 is 9.84 Å². The van der Waals surface area contributed by atoms with Gasteiger partial charge in [-0.05, 0) is 41.5 Å². The van der Waals surface area contributed by atoms with Gasteiger partial charge in [0.15, 0.2) is 0 Å². The molecule has 0 aliphatic rings. The highest BCUT2D eigenvalue weighted by molar-refractivity contribution is 5.78. The van der Waals surface area contributed by atoms with Crippen LogP contribution in [0.3, 0.4) is 0 Å². The second-order valence-electron chi connectivity index (χ2n) is 6.20. The van der Waals surface area contributed by atoms with Crippen molar-refractivity contribution in [1.82, 2.24) is 19.3 Å². The molecule has 1 N–H and O–H groups in total. The molecule has 26 heavy (non-hydrogen) atoms. The van der Waals surface area contributed by atoms with Gasteiger partial charge in [-0.2, -0.15) is 5.10 Å². The summed E-state index contributed by atoms with van der Waals surface area (Å²) in [6.07, 6.45) is 3.58. The molecule has 0 bridgehead atoms. The minimum absolute atomic E-state index is 0.0201. The second kappa shape index (κ2) is 7.11. The molecular formula is C20H20N4O2. The number of aliphatic hydroxyl groups excluding tert-OH is 1. The van der Waals surface area contributed by atoms with E-state index in [4.69, 9.17) is 4.74 Å². The zero-order valence-electron chi connectivity index (χ0n) is 14.5. The summed E-state index contributed by atoms with van der Waals surface area (Å²) < 4.78 is 9.68. The van der Waals surface area contributed by atoms with E-state index < -0.39 is 0 Å². The topological polar surface area (TPSA) is 65.1 Å². The van der Waals surface area contributed by atoms with Crippen LogP contribution in [0.1, 0.15) is 16.8 Å². The van der Waals surface area contributed by atoms with Crippen LogP contribution < -0.4 is 0 Å². The Morgan fingerprint density at radius 1 is 1.04 bits per heavy atom. The van der Waals surface area contributed by atoms with Crippen LogP contribution in [0.15, 0.2) is 61.1 Å². The molecule has 132 valence electrons. The minimum atomic E-state index is 0.0201. The second-order valence-corrected chi connectivity index (χ2v) is 6.20. The summed E-state index contributed by atoms with van der Waals surface area (Å²) in [6.45, 7) is 1.07. The fourth-order valence-corrected chi connectivity index (χ4v) is 2.97. The first-order valence-electron chi connectivity index (χ1n) is 8.45. The summed E-state index contributed by atoms with van der Waals surface area (Å²) in [5, 5.41) is 13.4. The van der Waals surface area contributed by atoms with Gasteiger partial charge in [0, 0.05) is 18.9 Å². The Morgan fingerprint density at radius 3 is 2.77 bits per heavy atom. The van der Waals surface area contributed by atoms with E-state index in [-0.39, 0.29) is 6.61 Å². The Bertz CT molecular complexity index is 1040. The lowest BCUT2D eigenvalue weighted by Gasteiger charge is -2.09. The largest absolute Gasteiger partial charge is 0.392 e. The van der Waals surface area contributed by atoms with E-state index in [2.05, 4.69) is 22.2 Å². The van der Waals surface area contributed by atoms with Crippen molar-refractivity contribution in [2.75, 3.05) is 0 Å². The molecule has 0 unspecified atom stereocenters. The zero-order valence-corrected chi connectivity index (χ0v) is 14.5. The number of benzene rings is 2. The van der Waals surface area contributed by atoms with Gasteiger partial charge in [0.2, 0.25) is 0 Å². The highest BCUT2D eigenvalue weighted by atomic mass is 16.5. The molecule has 2 heterocycles. The fourth-order valence-electron chi connectivity index (χ4n) is 2.97. The molecule has 6 heteroatoms. The van der Waals surface area contributed by atoms with E-state index in [1.807, 2.05) is 52.7 Å². The number of hydrogen-bond acceptors (Lipinski definition) is 4. The number of imidazole rings is 1. The fraction of sp³-hybridized carbons (Fsp3) is 0.200. The maximum atomic E-state index is 9.27. The lowest BCUT2D eigenvalue weighted by Crippen LogP contribution is -2.01. The van der Waals surface area contributed by atoms with Crippen LogP contribution in [-0.2, 0) is 31.6 Å². The van der Waals surface area contributed by atoms with E-state index in [1.54, 1.807) is 12.5 Å². The lowest BCUT2D eigenvalue weighted by molar-refractivity contribution is 0.102. The summed E-state index contributed by atoms with van der Waals surface area (Å²) in [6, 6.07) is 16.0. The zero-order chi connectivity index (χ0) is 17.9. The quantitative estimate of drug-likeness (QED) is 0.582. The van der Waals surface area contributed by atoms with Gasteiger partial charge >= 0.3 is 0 Å². The Labute approximate surface area is 151 Å². The highest BCUT2D eigenvalue weighted by Crippen LogP contribution is 2.20. The average Bonchev–Trinajstić information content (AvgIpc) is 3.27. The van der Waals surface area contributed by atoms with E-state index >= 15 is 0 Å². The molecule has 6 nitrogen and oxygen atoms in total. The van der Waals surface area contributed by atoms with Gasteiger partial charge in [0.1, 0.15) is 6.33 Å². The van der Waals surface area contributed by atoms with Crippen molar-refractivity contribution >= 4 is 11.0 Å². The maximum absolute atomic E-state index is 9.27. The normalized spacial score (nSPS) is 11.3. The predicted molar refractivity (Wildman–Crippen MR) is 98.7 cm³/mol. The maximum Gasteiger partial charge on any atom is 0.100 e. The highest BCUT2D eigenvalue weighted by Gasteiger charge is 2.07. The molecule has 4 aromatic rings. The van der Waals surface area contributed by atoms with Gasteiger partial charge in [-0.1, -0.05) is 18.2 Å². The molecule has 2 aromatic carbocycles. The van der Waals surface area contributed by atoms with Crippen LogP contribution in [0.4, 0.5) is 0 Å². The van der Waals surface area contributed by atoms with Crippen molar-refractivity contribution in [2.24, 2.45) is 7.05 Å². The standard InChI is InChI=1S/C20H20N4O2/c1-23-18(7-8-22-23)13-26-12-16-3-2-4-17(9-16)24-14-21-19-10-15(11-25)5-6-20(19)24/h2-10,14,25H,11-13H2,1H3. The summed E-state index contributed by atoms with van der Waals surface area (Å²) in [7, 11) is 1.91. The molecule has 0 amide bonds. The summed E-state index contributed by atoms with van der Waals surface area (Å²) in [4.78, 5) is 4.45. The number of aryl methyl sites for hydroxylation is 1. The molecule has 0 fully saturated rings. The Hall–Kier alpha value is -2.96. The molecule has 0 radical (unpaired) electrons. The first kappa shape index (κ1) is 16.5. The van der Waals surface area contributed by atoms with Crippen LogP contribution in [-0.4, -0.2) is 24.4 Å². The lowest BCUT2D eigenvalue weighted by atomic mass is 10.2. The smallest absolute Gasteiger partial charge is 0.100 e. The van der Waals surface area contributed by atoms with Gasteiger partial charge in [0.05, 0.1) is 36.5 Å². The molecule has 0 saturated heterocycles. The van der Waals surface area contributed by atoms with Gasteiger partial charge in [-0.15, -0.1) is 0 Å². The first-order chi connectivity index (χ1) is 12.7. The summed E-state index contributed by atoms with van der Waals surface area (Å²) >= 11 is 0. The molecule has 2 aromatic heterocycles. The summed E-state index contributed by atoms with van der Waals surface area (Å²) in [5.41, 5.74) is 5.91. The van der Waals surface area contributed by atoms with E-state index in [9.17, 15) is 5.11 Å². The third kappa shape index (κ3) is 3.24. The molecule has 0 aliphatic carbocycles.